The topological polar surface area (TPSA) is 66.8 Å². The Morgan fingerprint density at radius 1 is 1.56 bits per heavy atom. The minimum Gasteiger partial charge on any atom is -0.504 e. The Bertz CT molecular complexity index is 428. The molecule has 0 saturated heterocycles. The molecule has 1 aromatic carbocycles. The van der Waals surface area contributed by atoms with Crippen LogP contribution in [0, 0.1) is 6.92 Å². The smallest absolute Gasteiger partial charge is 0.310 e. The zero-order chi connectivity index (χ0) is 12.5. The highest BCUT2D eigenvalue weighted by atomic mass is 35.5. The van der Waals surface area contributed by atoms with Gasteiger partial charge < -0.3 is 14.9 Å². The van der Waals surface area contributed by atoms with E-state index in [0.29, 0.717) is 10.6 Å². The van der Waals surface area contributed by atoms with Crippen LogP contribution < -0.4 is 4.74 Å². The number of aliphatic carboxylic acids is 1. The van der Waals surface area contributed by atoms with E-state index in [0.717, 1.165) is 0 Å². The number of ether oxygens (including phenoxy) is 1. The van der Waals surface area contributed by atoms with Crippen molar-refractivity contribution in [3.8, 4) is 11.5 Å². The predicted octanol–water partition coefficient (Wildman–Crippen LogP) is 2.55. The maximum Gasteiger partial charge on any atom is 0.310 e. The first-order valence-electron chi connectivity index (χ1n) is 4.68. The molecule has 1 rings (SSSR count). The molecule has 0 aromatic heterocycles. The van der Waals surface area contributed by atoms with Gasteiger partial charge in [0.15, 0.2) is 11.5 Å². The van der Waals surface area contributed by atoms with Gasteiger partial charge in [-0.25, -0.2) is 0 Å². The van der Waals surface area contributed by atoms with Crippen molar-refractivity contribution in [1.29, 1.82) is 0 Å². The zero-order valence-corrected chi connectivity index (χ0v) is 10.00. The van der Waals surface area contributed by atoms with Gasteiger partial charge in [-0.2, -0.15) is 0 Å². The van der Waals surface area contributed by atoms with E-state index in [4.69, 9.17) is 21.4 Å². The van der Waals surface area contributed by atoms with Crippen molar-refractivity contribution in [3.63, 3.8) is 0 Å². The van der Waals surface area contributed by atoms with Crippen molar-refractivity contribution in [2.75, 3.05) is 7.11 Å². The Kier molecular flexibility index (Phi) is 3.65. The second-order valence-corrected chi connectivity index (χ2v) is 3.92. The van der Waals surface area contributed by atoms with Crippen molar-refractivity contribution >= 4 is 17.6 Å². The summed E-state index contributed by atoms with van der Waals surface area (Å²) in [6, 6.07) is 1.45. The number of carbonyl (C=O) groups is 1. The summed E-state index contributed by atoms with van der Waals surface area (Å²) in [6.45, 7) is 3.17. The molecule has 0 aliphatic rings. The molecule has 1 atom stereocenters. The van der Waals surface area contributed by atoms with E-state index in [1.807, 2.05) is 0 Å². The van der Waals surface area contributed by atoms with Crippen molar-refractivity contribution in [2.45, 2.75) is 19.8 Å². The lowest BCUT2D eigenvalue weighted by Crippen LogP contribution is -2.08. The first-order valence-corrected chi connectivity index (χ1v) is 5.06. The number of hydrogen-bond acceptors (Lipinski definition) is 3. The second kappa shape index (κ2) is 4.61. The molecular weight excluding hydrogens is 232 g/mol. The van der Waals surface area contributed by atoms with E-state index in [1.165, 1.54) is 20.1 Å². The number of carboxylic acid groups (broad SMARTS) is 1. The van der Waals surface area contributed by atoms with E-state index in [1.54, 1.807) is 6.92 Å². The van der Waals surface area contributed by atoms with E-state index >= 15 is 0 Å². The molecule has 0 aliphatic carbocycles. The van der Waals surface area contributed by atoms with Gasteiger partial charge in [0.2, 0.25) is 0 Å². The van der Waals surface area contributed by atoms with Crippen LogP contribution in [0.1, 0.15) is 24.0 Å². The van der Waals surface area contributed by atoms with E-state index in [9.17, 15) is 9.90 Å². The quantitative estimate of drug-likeness (QED) is 0.858. The van der Waals surface area contributed by atoms with Gasteiger partial charge in [-0.3, -0.25) is 4.79 Å². The van der Waals surface area contributed by atoms with Crippen LogP contribution in [0.2, 0.25) is 5.02 Å². The first-order chi connectivity index (χ1) is 7.40. The van der Waals surface area contributed by atoms with Crippen LogP contribution in [-0.4, -0.2) is 23.3 Å². The van der Waals surface area contributed by atoms with Crippen LogP contribution >= 0.6 is 11.6 Å². The van der Waals surface area contributed by atoms with Crippen molar-refractivity contribution in [1.82, 2.24) is 0 Å². The summed E-state index contributed by atoms with van der Waals surface area (Å²) >= 11 is 5.93. The number of hydrogen-bond donors (Lipinski definition) is 2. The Labute approximate surface area is 98.4 Å². The maximum absolute atomic E-state index is 10.9. The van der Waals surface area contributed by atoms with Gasteiger partial charge in [0.1, 0.15) is 0 Å². The van der Waals surface area contributed by atoms with Crippen LogP contribution in [0.5, 0.6) is 11.5 Å². The molecule has 0 radical (unpaired) electrons. The molecule has 4 nitrogen and oxygen atoms in total. The predicted molar refractivity (Wildman–Crippen MR) is 60.5 cm³/mol. The Morgan fingerprint density at radius 3 is 2.56 bits per heavy atom. The summed E-state index contributed by atoms with van der Waals surface area (Å²) in [4.78, 5) is 10.9. The third-order valence-electron chi connectivity index (χ3n) is 2.51. The van der Waals surface area contributed by atoms with E-state index in [-0.39, 0.29) is 17.1 Å². The summed E-state index contributed by atoms with van der Waals surface area (Å²) in [7, 11) is 1.40. The molecule has 0 heterocycles. The fraction of sp³-hybridized carbons (Fsp3) is 0.364. The van der Waals surface area contributed by atoms with Gasteiger partial charge in [0.05, 0.1) is 13.0 Å². The lowest BCUT2D eigenvalue weighted by atomic mass is 9.98. The third kappa shape index (κ3) is 2.07. The maximum atomic E-state index is 10.9. The number of methoxy groups -OCH3 is 1. The molecule has 1 unspecified atom stereocenters. The van der Waals surface area contributed by atoms with Crippen LogP contribution in [0.4, 0.5) is 0 Å². The van der Waals surface area contributed by atoms with Gasteiger partial charge in [0, 0.05) is 16.1 Å². The molecule has 0 amide bonds. The number of phenolic OH excluding ortho intramolecular Hbond substituents is 1. The van der Waals surface area contributed by atoms with Gasteiger partial charge >= 0.3 is 5.97 Å². The number of aromatic hydroxyl groups is 1. The molecule has 0 spiro atoms. The highest BCUT2D eigenvalue weighted by Gasteiger charge is 2.22. The molecule has 0 aliphatic heterocycles. The van der Waals surface area contributed by atoms with Crippen molar-refractivity contribution in [2.24, 2.45) is 0 Å². The van der Waals surface area contributed by atoms with Gasteiger partial charge in [-0.1, -0.05) is 11.6 Å². The number of rotatable bonds is 3. The molecule has 1 aromatic rings. The Hall–Kier alpha value is -1.42. The van der Waals surface area contributed by atoms with Crippen LogP contribution in [0.3, 0.4) is 0 Å². The number of halogens is 1. The second-order valence-electron chi connectivity index (χ2n) is 3.51. The largest absolute Gasteiger partial charge is 0.504 e. The van der Waals surface area contributed by atoms with Gasteiger partial charge in [0.25, 0.3) is 0 Å². The summed E-state index contributed by atoms with van der Waals surface area (Å²) in [6.07, 6.45) is 0. The minimum atomic E-state index is -1.03. The van der Waals surface area contributed by atoms with Gasteiger partial charge in [-0.15, -0.1) is 0 Å². The Morgan fingerprint density at radius 2 is 2.12 bits per heavy atom. The Balaban J connectivity index is 3.42. The third-order valence-corrected chi connectivity index (χ3v) is 2.90. The van der Waals surface area contributed by atoms with Gasteiger partial charge in [-0.05, 0) is 19.9 Å². The van der Waals surface area contributed by atoms with Crippen molar-refractivity contribution < 1.29 is 19.7 Å². The molecule has 2 N–H and O–H groups in total. The standard InChI is InChI=1S/C11H13ClO4/c1-5(11(14)15)7-4-8(12)6(2)10(16-3)9(7)13/h4-5,13H,1-3H3,(H,14,15). The fourth-order valence-electron chi connectivity index (χ4n) is 1.44. The number of carboxylic acids is 1. The SMILES string of the molecule is COc1c(C)c(Cl)cc(C(C)C(=O)O)c1O. The number of phenols is 1. The highest BCUT2D eigenvalue weighted by molar-refractivity contribution is 6.31. The normalized spacial score (nSPS) is 12.2. The molecule has 88 valence electrons. The summed E-state index contributed by atoms with van der Waals surface area (Å²) in [5.74, 6) is -1.82. The van der Waals surface area contributed by atoms with Crippen LogP contribution in [0.25, 0.3) is 0 Å². The summed E-state index contributed by atoms with van der Waals surface area (Å²) in [5.41, 5.74) is 0.836. The average Bonchev–Trinajstić information content (AvgIpc) is 2.23. The minimum absolute atomic E-state index is 0.167. The molecule has 0 bridgehead atoms. The highest BCUT2D eigenvalue weighted by Crippen LogP contribution is 2.41. The summed E-state index contributed by atoms with van der Waals surface area (Å²) < 4.78 is 5.00. The lowest BCUT2D eigenvalue weighted by molar-refractivity contribution is -0.138. The number of benzene rings is 1. The van der Waals surface area contributed by atoms with Crippen LogP contribution in [-0.2, 0) is 4.79 Å². The monoisotopic (exact) mass is 244 g/mol. The van der Waals surface area contributed by atoms with Crippen molar-refractivity contribution in [3.05, 3.63) is 22.2 Å². The fourth-order valence-corrected chi connectivity index (χ4v) is 1.65. The lowest BCUT2D eigenvalue weighted by Gasteiger charge is -2.15. The molecule has 0 saturated carbocycles. The molecular formula is C11H13ClO4. The molecule has 5 heteroatoms. The van der Waals surface area contributed by atoms with E-state index < -0.39 is 11.9 Å². The summed E-state index contributed by atoms with van der Waals surface area (Å²) in [5, 5.41) is 19.1. The molecule has 0 fully saturated rings. The van der Waals surface area contributed by atoms with E-state index in [2.05, 4.69) is 0 Å². The van der Waals surface area contributed by atoms with Crippen LogP contribution in [0.15, 0.2) is 6.07 Å². The zero-order valence-electron chi connectivity index (χ0n) is 9.24. The molecule has 16 heavy (non-hydrogen) atoms. The first kappa shape index (κ1) is 12.6. The average molecular weight is 245 g/mol.